The largest absolute Gasteiger partial charge is 0.467 e. The van der Waals surface area contributed by atoms with Crippen molar-refractivity contribution in [3.8, 4) is 0 Å². The summed E-state index contributed by atoms with van der Waals surface area (Å²) in [5.74, 6) is -1.11. The molecule has 0 rings (SSSR count). The number of methoxy groups -OCH3 is 1. The summed E-state index contributed by atoms with van der Waals surface area (Å²) in [7, 11) is 1.23. The molecule has 0 aliphatic carbocycles. The third-order valence-corrected chi connectivity index (χ3v) is 2.58. The third-order valence-electron chi connectivity index (χ3n) is 2.58. The van der Waals surface area contributed by atoms with Gasteiger partial charge in [-0.15, -0.1) is 0 Å². The van der Waals surface area contributed by atoms with Gasteiger partial charge in [-0.2, -0.15) is 0 Å². The van der Waals surface area contributed by atoms with Gasteiger partial charge >= 0.3 is 18.2 Å². The fourth-order valence-corrected chi connectivity index (χ4v) is 1.63. The van der Waals surface area contributed by atoms with Gasteiger partial charge < -0.3 is 14.2 Å². The SMILES string of the molecule is COC(=O)[C@@H](N=C(NC(=O)OC(C)(C)C)NC(=O)OC(C)(C)C)C(C)C. The molecule has 0 aliphatic rings. The van der Waals surface area contributed by atoms with Crippen LogP contribution in [-0.4, -0.2) is 48.5 Å². The van der Waals surface area contributed by atoms with Gasteiger partial charge in [0.05, 0.1) is 7.11 Å². The van der Waals surface area contributed by atoms with Gasteiger partial charge in [-0.25, -0.2) is 19.4 Å². The predicted octanol–water partition coefficient (Wildman–Crippen LogP) is 2.59. The van der Waals surface area contributed by atoms with Crippen LogP contribution in [0.1, 0.15) is 55.4 Å². The molecule has 150 valence electrons. The number of carbonyl (C=O) groups excluding carboxylic acids is 3. The van der Waals surface area contributed by atoms with Crippen LogP contribution in [0.25, 0.3) is 0 Å². The predicted molar refractivity (Wildman–Crippen MR) is 96.8 cm³/mol. The van der Waals surface area contributed by atoms with Crippen molar-refractivity contribution in [1.82, 2.24) is 10.6 Å². The molecular weight excluding hydrogens is 342 g/mol. The number of rotatable bonds is 3. The van der Waals surface area contributed by atoms with Gasteiger partial charge in [0.1, 0.15) is 11.2 Å². The van der Waals surface area contributed by atoms with Gasteiger partial charge in [0.15, 0.2) is 6.04 Å². The van der Waals surface area contributed by atoms with Crippen LogP contribution in [0.5, 0.6) is 0 Å². The number of alkyl carbamates (subject to hydrolysis) is 2. The summed E-state index contributed by atoms with van der Waals surface area (Å²) in [6.45, 7) is 13.7. The number of carbonyl (C=O) groups is 3. The number of hydrogen-bond donors (Lipinski definition) is 2. The molecule has 0 aliphatic heterocycles. The number of aliphatic imine (C=N–C) groups is 1. The van der Waals surface area contributed by atoms with Crippen molar-refractivity contribution in [2.24, 2.45) is 10.9 Å². The molecule has 0 fully saturated rings. The van der Waals surface area contributed by atoms with Crippen molar-refractivity contribution in [3.63, 3.8) is 0 Å². The standard InChI is InChI=1S/C17H31N3O6/c1-10(2)11(12(21)24-9)18-13(19-14(22)25-16(3,4)5)20-15(23)26-17(6,7)8/h10-11H,1-9H3,(H2,18,19,20,22,23)/t11-/m0/s1. The Morgan fingerprint density at radius 2 is 1.23 bits per heavy atom. The van der Waals surface area contributed by atoms with Crippen LogP contribution >= 0.6 is 0 Å². The highest BCUT2D eigenvalue weighted by Crippen LogP contribution is 2.10. The average Bonchev–Trinajstić information content (AvgIpc) is 2.38. The highest BCUT2D eigenvalue weighted by Gasteiger charge is 2.26. The summed E-state index contributed by atoms with van der Waals surface area (Å²) in [5.41, 5.74) is -1.50. The van der Waals surface area contributed by atoms with Crippen molar-refractivity contribution in [3.05, 3.63) is 0 Å². The lowest BCUT2D eigenvalue weighted by molar-refractivity contribution is -0.143. The Morgan fingerprint density at radius 1 is 0.846 bits per heavy atom. The minimum absolute atomic E-state index is 0.238. The summed E-state index contributed by atoms with van der Waals surface area (Å²) in [5, 5.41) is 4.65. The number of amides is 2. The molecule has 9 nitrogen and oxygen atoms in total. The zero-order valence-corrected chi connectivity index (χ0v) is 17.1. The van der Waals surface area contributed by atoms with Gasteiger partial charge in [0.2, 0.25) is 5.96 Å². The molecule has 0 spiro atoms. The molecule has 0 saturated heterocycles. The summed E-state index contributed by atoms with van der Waals surface area (Å²) in [6.07, 6.45) is -1.67. The first kappa shape index (κ1) is 23.7. The van der Waals surface area contributed by atoms with Crippen molar-refractivity contribution < 1.29 is 28.6 Å². The van der Waals surface area contributed by atoms with E-state index in [1.165, 1.54) is 7.11 Å². The van der Waals surface area contributed by atoms with Crippen LogP contribution in [0.2, 0.25) is 0 Å². The summed E-state index contributed by atoms with van der Waals surface area (Å²) in [6, 6.07) is -0.931. The molecule has 26 heavy (non-hydrogen) atoms. The topological polar surface area (TPSA) is 115 Å². The third kappa shape index (κ3) is 10.5. The van der Waals surface area contributed by atoms with E-state index in [4.69, 9.17) is 14.2 Å². The van der Waals surface area contributed by atoms with Crippen LogP contribution < -0.4 is 10.6 Å². The number of nitrogens with one attached hydrogen (secondary N) is 2. The summed E-state index contributed by atoms with van der Waals surface area (Å²) >= 11 is 0. The number of nitrogens with zero attached hydrogens (tertiary/aromatic N) is 1. The van der Waals surface area contributed by atoms with Crippen molar-refractivity contribution >= 4 is 24.1 Å². The lowest BCUT2D eigenvalue weighted by Gasteiger charge is -2.23. The minimum atomic E-state index is -0.931. The van der Waals surface area contributed by atoms with E-state index in [1.807, 2.05) is 0 Å². The maximum atomic E-state index is 12.0. The molecule has 2 amide bonds. The number of esters is 1. The maximum absolute atomic E-state index is 12.0. The van der Waals surface area contributed by atoms with E-state index in [0.717, 1.165) is 0 Å². The minimum Gasteiger partial charge on any atom is -0.467 e. The van der Waals surface area contributed by atoms with E-state index in [1.54, 1.807) is 55.4 Å². The molecule has 0 unspecified atom stereocenters. The van der Waals surface area contributed by atoms with Gasteiger partial charge in [-0.1, -0.05) is 13.8 Å². The summed E-state index contributed by atoms with van der Waals surface area (Å²) < 4.78 is 15.0. The number of guanidine groups is 1. The quantitative estimate of drug-likeness (QED) is 0.340. The normalized spacial score (nSPS) is 12.7. The smallest absolute Gasteiger partial charge is 0.414 e. The molecule has 9 heteroatoms. The van der Waals surface area contributed by atoms with Crippen molar-refractivity contribution in [2.75, 3.05) is 7.11 Å². The Labute approximate surface area is 154 Å². The highest BCUT2D eigenvalue weighted by molar-refractivity contribution is 6.02. The lowest BCUT2D eigenvalue weighted by Crippen LogP contribution is -2.48. The summed E-state index contributed by atoms with van der Waals surface area (Å²) in [4.78, 5) is 40.0. The second-order valence-electron chi connectivity index (χ2n) is 7.94. The van der Waals surface area contributed by atoms with E-state index in [9.17, 15) is 14.4 Å². The molecule has 0 aromatic heterocycles. The zero-order valence-electron chi connectivity index (χ0n) is 17.1. The first-order valence-electron chi connectivity index (χ1n) is 8.30. The molecule has 0 radical (unpaired) electrons. The molecule has 0 aromatic rings. The Kier molecular flexibility index (Phi) is 8.56. The lowest BCUT2D eigenvalue weighted by atomic mass is 10.1. The number of ether oxygens (including phenoxy) is 3. The van der Waals surface area contributed by atoms with E-state index in [2.05, 4.69) is 15.6 Å². The first-order chi connectivity index (χ1) is 11.6. The molecule has 0 bridgehead atoms. The Balaban J connectivity index is 5.50. The zero-order chi connectivity index (χ0) is 20.7. The average molecular weight is 373 g/mol. The molecule has 1 atom stereocenters. The van der Waals surface area contributed by atoms with Crippen molar-refractivity contribution in [2.45, 2.75) is 72.6 Å². The van der Waals surface area contributed by atoms with Gasteiger partial charge in [-0.05, 0) is 47.5 Å². The first-order valence-corrected chi connectivity index (χ1v) is 8.30. The van der Waals surface area contributed by atoms with E-state index < -0.39 is 35.4 Å². The molecule has 0 heterocycles. The van der Waals surface area contributed by atoms with Crippen LogP contribution in [0.4, 0.5) is 9.59 Å². The Morgan fingerprint density at radius 3 is 1.50 bits per heavy atom. The molecule has 0 aromatic carbocycles. The second kappa shape index (κ2) is 9.40. The molecule has 2 N–H and O–H groups in total. The van der Waals surface area contributed by atoms with Gasteiger partial charge in [-0.3, -0.25) is 10.6 Å². The van der Waals surface area contributed by atoms with E-state index in [0.29, 0.717) is 0 Å². The van der Waals surface area contributed by atoms with E-state index in [-0.39, 0.29) is 11.9 Å². The monoisotopic (exact) mass is 373 g/mol. The van der Waals surface area contributed by atoms with Crippen LogP contribution in [-0.2, 0) is 19.0 Å². The molecule has 0 saturated carbocycles. The molecular formula is C17H31N3O6. The van der Waals surface area contributed by atoms with E-state index >= 15 is 0 Å². The Hall–Kier alpha value is -2.32. The highest BCUT2D eigenvalue weighted by atomic mass is 16.6. The van der Waals surface area contributed by atoms with Crippen LogP contribution in [0, 0.1) is 5.92 Å². The van der Waals surface area contributed by atoms with Crippen LogP contribution in [0.3, 0.4) is 0 Å². The van der Waals surface area contributed by atoms with Gasteiger partial charge in [0.25, 0.3) is 0 Å². The van der Waals surface area contributed by atoms with Crippen LogP contribution in [0.15, 0.2) is 4.99 Å². The Bertz CT molecular complexity index is 512. The fourth-order valence-electron chi connectivity index (χ4n) is 1.63. The number of hydrogen-bond acceptors (Lipinski definition) is 7. The van der Waals surface area contributed by atoms with Crippen molar-refractivity contribution in [1.29, 1.82) is 0 Å². The van der Waals surface area contributed by atoms with Gasteiger partial charge in [0, 0.05) is 0 Å². The second-order valence-corrected chi connectivity index (χ2v) is 7.94. The maximum Gasteiger partial charge on any atom is 0.414 e. The fraction of sp³-hybridized carbons (Fsp3) is 0.765.